The summed E-state index contributed by atoms with van der Waals surface area (Å²) in [7, 11) is 0. The van der Waals surface area contributed by atoms with Gasteiger partial charge in [-0.25, -0.2) is 0 Å². The molecule has 4 rings (SSSR count). The minimum atomic E-state index is -0.271. The van der Waals surface area contributed by atoms with Gasteiger partial charge >= 0.3 is 0 Å². The molecule has 0 atom stereocenters. The molecule has 2 nitrogen and oxygen atoms in total. The first-order chi connectivity index (χ1) is 14.8. The van der Waals surface area contributed by atoms with E-state index in [1.807, 2.05) is 0 Å². The Morgan fingerprint density at radius 3 is 2.00 bits per heavy atom. The summed E-state index contributed by atoms with van der Waals surface area (Å²) >= 11 is 0. The molecular weight excluding hydrogens is 368 g/mol. The third-order valence-electron chi connectivity index (χ3n) is 6.57. The zero-order chi connectivity index (χ0) is 20.7. The fourth-order valence-corrected chi connectivity index (χ4v) is 4.67. The van der Waals surface area contributed by atoms with Crippen LogP contribution >= 0.6 is 0 Å². The van der Waals surface area contributed by atoms with Gasteiger partial charge in [-0.1, -0.05) is 62.3 Å². The van der Waals surface area contributed by atoms with E-state index in [2.05, 4.69) is 67.3 Å². The Balaban J connectivity index is 1.29. The van der Waals surface area contributed by atoms with Gasteiger partial charge in [-0.2, -0.15) is 0 Å². The number of ether oxygens (including phenoxy) is 2. The second-order valence-corrected chi connectivity index (χ2v) is 8.76. The molecule has 2 heteroatoms. The second-order valence-electron chi connectivity index (χ2n) is 8.76. The minimum absolute atomic E-state index is 0.271. The molecule has 1 saturated heterocycles. The maximum absolute atomic E-state index is 5.85. The van der Waals surface area contributed by atoms with E-state index in [9.17, 15) is 0 Å². The third-order valence-corrected chi connectivity index (χ3v) is 6.57. The monoisotopic (exact) mass is 402 g/mol. The van der Waals surface area contributed by atoms with Crippen LogP contribution in [0, 0.1) is 11.8 Å². The highest BCUT2D eigenvalue weighted by molar-refractivity contribution is 5.44. The Hall–Kier alpha value is -2.08. The highest BCUT2D eigenvalue weighted by Crippen LogP contribution is 2.42. The van der Waals surface area contributed by atoms with Crippen LogP contribution in [0.3, 0.4) is 0 Å². The van der Waals surface area contributed by atoms with Crippen molar-refractivity contribution in [3.05, 3.63) is 70.8 Å². The number of hydrogen-bond donors (Lipinski definition) is 0. The molecule has 1 saturated carbocycles. The molecule has 0 N–H and O–H groups in total. The van der Waals surface area contributed by atoms with Gasteiger partial charge in [0.15, 0.2) is 5.79 Å². The average molecular weight is 403 g/mol. The molecule has 0 bridgehead atoms. The molecular formula is C28H34O2. The van der Waals surface area contributed by atoms with Gasteiger partial charge < -0.3 is 9.47 Å². The van der Waals surface area contributed by atoms with Gasteiger partial charge in [0.1, 0.15) is 0 Å². The lowest BCUT2D eigenvalue weighted by molar-refractivity contribution is -0.178. The quantitative estimate of drug-likeness (QED) is 0.400. The fraction of sp³-hybridized carbons (Fsp3) is 0.500. The van der Waals surface area contributed by atoms with E-state index in [1.54, 1.807) is 0 Å². The van der Waals surface area contributed by atoms with Crippen LogP contribution in [0.15, 0.2) is 48.5 Å². The molecule has 1 heterocycles. The van der Waals surface area contributed by atoms with Crippen molar-refractivity contribution in [1.82, 2.24) is 0 Å². The zero-order valence-corrected chi connectivity index (χ0v) is 18.3. The molecule has 0 aromatic heterocycles. The predicted octanol–water partition coefficient (Wildman–Crippen LogP) is 6.61. The van der Waals surface area contributed by atoms with E-state index in [0.717, 1.165) is 50.0 Å². The van der Waals surface area contributed by atoms with E-state index < -0.39 is 0 Å². The Labute approximate surface area is 182 Å². The van der Waals surface area contributed by atoms with Gasteiger partial charge in [-0.3, -0.25) is 0 Å². The third kappa shape index (κ3) is 5.54. The molecule has 1 spiro atoms. The molecule has 2 fully saturated rings. The molecule has 1 aliphatic heterocycles. The van der Waals surface area contributed by atoms with Crippen LogP contribution in [0.4, 0.5) is 0 Å². The predicted molar refractivity (Wildman–Crippen MR) is 123 cm³/mol. The Morgan fingerprint density at radius 1 is 0.800 bits per heavy atom. The van der Waals surface area contributed by atoms with Crippen molar-refractivity contribution in [3.63, 3.8) is 0 Å². The van der Waals surface area contributed by atoms with E-state index in [0.29, 0.717) is 5.92 Å². The summed E-state index contributed by atoms with van der Waals surface area (Å²) in [6.07, 6.45) is 10.7. The molecule has 158 valence electrons. The van der Waals surface area contributed by atoms with Crippen molar-refractivity contribution in [2.75, 3.05) is 13.2 Å². The summed E-state index contributed by atoms with van der Waals surface area (Å²) in [6.45, 7) is 3.76. The van der Waals surface area contributed by atoms with E-state index in [-0.39, 0.29) is 5.79 Å². The van der Waals surface area contributed by atoms with Crippen molar-refractivity contribution in [1.29, 1.82) is 0 Å². The molecule has 30 heavy (non-hydrogen) atoms. The van der Waals surface area contributed by atoms with Crippen LogP contribution in [0.25, 0.3) is 0 Å². The molecule has 0 unspecified atom stereocenters. The minimum Gasteiger partial charge on any atom is -0.348 e. The average Bonchev–Trinajstić information content (AvgIpc) is 3.25. The topological polar surface area (TPSA) is 18.5 Å². The van der Waals surface area contributed by atoms with Gasteiger partial charge in [-0.05, 0) is 67.0 Å². The van der Waals surface area contributed by atoms with Crippen LogP contribution in [-0.4, -0.2) is 19.0 Å². The highest BCUT2D eigenvalue weighted by atomic mass is 16.7. The molecule has 2 aromatic carbocycles. The standard InChI is InChI=1S/C28H34O2/c1-2-3-4-5-6-23-7-9-24(10-8-23)11-12-25-13-15-26(16-14-25)27-17-19-28(20-18-27)29-21-22-30-28/h7-10,13-16,27H,2-6,17-22H2,1H3. The first-order valence-electron chi connectivity index (χ1n) is 11.8. The maximum Gasteiger partial charge on any atom is 0.168 e. The highest BCUT2D eigenvalue weighted by Gasteiger charge is 2.40. The van der Waals surface area contributed by atoms with Gasteiger partial charge in [0.25, 0.3) is 0 Å². The first-order valence-corrected chi connectivity index (χ1v) is 11.8. The van der Waals surface area contributed by atoms with Crippen molar-refractivity contribution in [2.24, 2.45) is 0 Å². The fourth-order valence-electron chi connectivity index (χ4n) is 4.67. The van der Waals surface area contributed by atoms with Crippen LogP contribution in [-0.2, 0) is 15.9 Å². The molecule has 0 radical (unpaired) electrons. The number of unbranched alkanes of at least 4 members (excludes halogenated alkanes) is 3. The summed E-state index contributed by atoms with van der Waals surface area (Å²) in [6, 6.07) is 17.6. The Bertz CT molecular complexity index is 838. The van der Waals surface area contributed by atoms with Gasteiger partial charge in [0.05, 0.1) is 13.2 Å². The lowest BCUT2D eigenvalue weighted by atomic mass is 9.81. The molecule has 0 amide bonds. The summed E-state index contributed by atoms with van der Waals surface area (Å²) < 4.78 is 11.7. The number of hydrogen-bond acceptors (Lipinski definition) is 2. The maximum atomic E-state index is 5.85. The molecule has 1 aliphatic carbocycles. The van der Waals surface area contributed by atoms with Gasteiger partial charge in [0.2, 0.25) is 0 Å². The van der Waals surface area contributed by atoms with Gasteiger partial charge in [-0.15, -0.1) is 0 Å². The number of rotatable bonds is 6. The SMILES string of the molecule is CCCCCCc1ccc(C#Cc2ccc(C3CCC4(CC3)OCCO4)cc2)cc1. The summed E-state index contributed by atoms with van der Waals surface area (Å²) in [5.41, 5.74) is 5.01. The number of benzene rings is 2. The summed E-state index contributed by atoms with van der Waals surface area (Å²) in [4.78, 5) is 0. The van der Waals surface area contributed by atoms with E-state index in [4.69, 9.17) is 9.47 Å². The molecule has 2 aromatic rings. The second kappa shape index (κ2) is 10.3. The van der Waals surface area contributed by atoms with Crippen LogP contribution < -0.4 is 0 Å². The van der Waals surface area contributed by atoms with Gasteiger partial charge in [0, 0.05) is 24.0 Å². The number of aryl methyl sites for hydroxylation is 1. The lowest BCUT2D eigenvalue weighted by Gasteiger charge is -2.35. The van der Waals surface area contributed by atoms with Crippen molar-refractivity contribution < 1.29 is 9.47 Å². The zero-order valence-electron chi connectivity index (χ0n) is 18.3. The van der Waals surface area contributed by atoms with Crippen LogP contribution in [0.1, 0.15) is 86.5 Å². The largest absolute Gasteiger partial charge is 0.348 e. The lowest BCUT2D eigenvalue weighted by Crippen LogP contribution is -2.34. The molecule has 2 aliphatic rings. The summed E-state index contributed by atoms with van der Waals surface area (Å²) in [5, 5.41) is 0. The van der Waals surface area contributed by atoms with Crippen molar-refractivity contribution in [2.45, 2.75) is 76.4 Å². The first kappa shape index (κ1) is 21.2. The van der Waals surface area contributed by atoms with Crippen LogP contribution in [0.2, 0.25) is 0 Å². The Kier molecular flexibility index (Phi) is 7.26. The Morgan fingerprint density at radius 2 is 1.40 bits per heavy atom. The smallest absolute Gasteiger partial charge is 0.168 e. The van der Waals surface area contributed by atoms with Crippen molar-refractivity contribution >= 4 is 0 Å². The summed E-state index contributed by atoms with van der Waals surface area (Å²) in [5.74, 6) is 6.97. The van der Waals surface area contributed by atoms with E-state index >= 15 is 0 Å². The van der Waals surface area contributed by atoms with Crippen molar-refractivity contribution in [3.8, 4) is 11.8 Å². The van der Waals surface area contributed by atoms with E-state index in [1.165, 1.54) is 43.2 Å². The normalized spacial score (nSPS) is 18.3. The van der Waals surface area contributed by atoms with Crippen LogP contribution in [0.5, 0.6) is 0 Å².